The van der Waals surface area contributed by atoms with Crippen molar-refractivity contribution in [2.45, 2.75) is 59.5 Å². The first-order valence-electron chi connectivity index (χ1n) is 13.8. The smallest absolute Gasteiger partial charge is 0.289 e. The van der Waals surface area contributed by atoms with Gasteiger partial charge in [-0.15, -0.1) is 11.3 Å². The second-order valence-electron chi connectivity index (χ2n) is 11.4. The van der Waals surface area contributed by atoms with Crippen molar-refractivity contribution in [2.75, 3.05) is 22.1 Å². The van der Waals surface area contributed by atoms with E-state index >= 15 is 0 Å². The van der Waals surface area contributed by atoms with Gasteiger partial charge in [0.1, 0.15) is 4.88 Å². The highest BCUT2D eigenvalue weighted by molar-refractivity contribution is 9.09. The third-order valence-electron chi connectivity index (χ3n) is 7.62. The molecule has 0 radical (unpaired) electrons. The number of hydrogen-bond donors (Lipinski definition) is 2. The summed E-state index contributed by atoms with van der Waals surface area (Å²) in [6.07, 6.45) is -0.453. The van der Waals surface area contributed by atoms with Crippen molar-refractivity contribution in [1.82, 2.24) is 19.9 Å². The van der Waals surface area contributed by atoms with E-state index in [1.165, 1.54) is 0 Å². The Hall–Kier alpha value is -3.22. The van der Waals surface area contributed by atoms with E-state index in [2.05, 4.69) is 59.2 Å². The Labute approximate surface area is 255 Å². The Morgan fingerprint density at radius 3 is 2.64 bits per heavy atom. The van der Waals surface area contributed by atoms with E-state index in [0.717, 1.165) is 40.6 Å². The quantitative estimate of drug-likeness (QED) is 0.192. The Morgan fingerprint density at radius 1 is 1.17 bits per heavy atom. The molecule has 0 unspecified atom stereocenters. The minimum Gasteiger partial charge on any atom is -0.312 e. The normalized spacial score (nSPS) is 14.0. The highest BCUT2D eigenvalue weighted by Gasteiger charge is 2.26. The van der Waals surface area contributed by atoms with Crippen LogP contribution in [0.5, 0.6) is 0 Å². The summed E-state index contributed by atoms with van der Waals surface area (Å²) in [6, 6.07) is 12.1. The summed E-state index contributed by atoms with van der Waals surface area (Å²) >= 11 is 4.00. The molecule has 2 N–H and O–H groups in total. The number of hydrogen-bond acceptors (Lipinski definition) is 6. The molecule has 0 spiro atoms. The van der Waals surface area contributed by atoms with Crippen LogP contribution in [0.1, 0.15) is 66.3 Å². The molecule has 1 atom stereocenters. The molecule has 222 valence electrons. The van der Waals surface area contributed by atoms with Crippen LogP contribution >= 0.6 is 27.3 Å². The number of benzene rings is 2. The minimum atomic E-state index is -2.75. The Bertz CT molecular complexity index is 1630. The van der Waals surface area contributed by atoms with Crippen LogP contribution in [0.3, 0.4) is 0 Å². The number of fused-ring (bicyclic) bond motifs is 2. The molecule has 4 aromatic rings. The lowest BCUT2D eigenvalue weighted by atomic mass is 9.88. The molecule has 42 heavy (non-hydrogen) atoms. The van der Waals surface area contributed by atoms with Gasteiger partial charge in [-0.2, -0.15) is 0 Å². The number of carbonyl (C=O) groups excluding carboxylic acids is 2. The summed E-state index contributed by atoms with van der Waals surface area (Å²) in [4.78, 5) is 36.2. The van der Waals surface area contributed by atoms with Gasteiger partial charge in [0.25, 0.3) is 12.3 Å². The molecule has 2 aromatic heterocycles. The van der Waals surface area contributed by atoms with Crippen LogP contribution in [0, 0.1) is 5.41 Å². The number of nitrogens with one attached hydrogen (secondary N) is 2. The lowest BCUT2D eigenvalue weighted by Gasteiger charge is -2.28. The number of thiazole rings is 1. The topological polar surface area (TPSA) is 92.2 Å². The maximum atomic E-state index is 13.1. The summed E-state index contributed by atoms with van der Waals surface area (Å²) in [7, 11) is 0. The Kier molecular flexibility index (Phi) is 8.77. The fraction of sp³-hybridized carbons (Fsp3) is 0.400. The maximum Gasteiger partial charge on any atom is 0.289 e. The first-order valence-corrected chi connectivity index (χ1v) is 15.7. The Morgan fingerprint density at radius 2 is 1.95 bits per heavy atom. The number of amides is 2. The molecular formula is C30H33BrF2N6O2S. The molecule has 0 saturated carbocycles. The molecule has 12 heteroatoms. The van der Waals surface area contributed by atoms with Crippen molar-refractivity contribution in [2.24, 2.45) is 5.41 Å². The van der Waals surface area contributed by atoms with Crippen molar-refractivity contribution < 1.29 is 18.4 Å². The second kappa shape index (κ2) is 12.2. The van der Waals surface area contributed by atoms with Crippen molar-refractivity contribution in [3.63, 3.8) is 0 Å². The monoisotopic (exact) mass is 658 g/mol. The SMILES string of the molecule is C[C@H](NCc1ccc2c(c1)nc(NC(=O)c1cnc(C(F)F)s1)n2-c1ccc2c(c1)N(C(=O)CCBr)CC2)C(C)(C)C. The van der Waals surface area contributed by atoms with Crippen molar-refractivity contribution in [1.29, 1.82) is 0 Å². The van der Waals surface area contributed by atoms with Gasteiger partial charge in [-0.3, -0.25) is 19.5 Å². The van der Waals surface area contributed by atoms with Gasteiger partial charge in [0, 0.05) is 36.6 Å². The van der Waals surface area contributed by atoms with E-state index in [0.29, 0.717) is 41.7 Å². The van der Waals surface area contributed by atoms with Crippen molar-refractivity contribution in [3.05, 3.63) is 63.6 Å². The van der Waals surface area contributed by atoms with Gasteiger partial charge >= 0.3 is 0 Å². The van der Waals surface area contributed by atoms with Gasteiger partial charge < -0.3 is 10.2 Å². The van der Waals surface area contributed by atoms with Gasteiger partial charge in [-0.1, -0.05) is 48.8 Å². The van der Waals surface area contributed by atoms with E-state index < -0.39 is 17.3 Å². The van der Waals surface area contributed by atoms with E-state index in [1.54, 1.807) is 4.90 Å². The van der Waals surface area contributed by atoms with Gasteiger partial charge in [0.2, 0.25) is 11.9 Å². The molecule has 0 bridgehead atoms. The predicted molar refractivity (Wildman–Crippen MR) is 166 cm³/mol. The molecular weight excluding hydrogens is 626 g/mol. The molecule has 5 rings (SSSR count). The summed E-state index contributed by atoms with van der Waals surface area (Å²) < 4.78 is 28.1. The molecule has 1 aliphatic heterocycles. The van der Waals surface area contributed by atoms with Gasteiger partial charge in [-0.25, -0.2) is 18.7 Å². The van der Waals surface area contributed by atoms with Crippen LogP contribution in [0.25, 0.3) is 16.7 Å². The molecule has 2 aromatic carbocycles. The summed E-state index contributed by atoms with van der Waals surface area (Å²) in [5.41, 5.74) is 5.17. The summed E-state index contributed by atoms with van der Waals surface area (Å²) in [5.74, 6) is -0.299. The maximum absolute atomic E-state index is 13.1. The van der Waals surface area contributed by atoms with Crippen LogP contribution in [0.4, 0.5) is 20.4 Å². The number of alkyl halides is 3. The lowest BCUT2D eigenvalue weighted by molar-refractivity contribution is -0.118. The van der Waals surface area contributed by atoms with Crippen LogP contribution < -0.4 is 15.5 Å². The standard InChI is InChI=1S/C30H33BrF2N6O2S/c1-17(30(2,3)4)34-15-18-5-8-22-21(13-18)36-29(37-27(41)24-16-35-28(42-24)26(32)33)39(22)20-7-6-19-10-12-38(23(19)14-20)25(40)9-11-31/h5-8,13-14,16-17,26,34H,9-12,15H2,1-4H3,(H,36,37,41)/t17-/m0/s1. The van der Waals surface area contributed by atoms with Crippen molar-refractivity contribution in [3.8, 4) is 5.69 Å². The lowest BCUT2D eigenvalue weighted by Crippen LogP contribution is -2.37. The zero-order chi connectivity index (χ0) is 30.2. The highest BCUT2D eigenvalue weighted by atomic mass is 79.9. The molecule has 0 saturated heterocycles. The third kappa shape index (κ3) is 6.25. The summed E-state index contributed by atoms with van der Waals surface area (Å²) in [5, 5.41) is 6.54. The number of halogens is 3. The zero-order valence-corrected chi connectivity index (χ0v) is 26.3. The number of rotatable bonds is 9. The molecule has 1 aliphatic rings. The second-order valence-corrected chi connectivity index (χ2v) is 13.3. The number of carbonyl (C=O) groups is 2. The number of imidazole rings is 1. The predicted octanol–water partition coefficient (Wildman–Crippen LogP) is 6.87. The molecule has 3 heterocycles. The number of aromatic nitrogens is 3. The van der Waals surface area contributed by atoms with Crippen LogP contribution in [-0.2, 0) is 17.8 Å². The largest absolute Gasteiger partial charge is 0.312 e. The highest BCUT2D eigenvalue weighted by Crippen LogP contribution is 2.34. The minimum absolute atomic E-state index is 0.0356. The fourth-order valence-corrected chi connectivity index (χ4v) is 5.80. The number of anilines is 2. The summed E-state index contributed by atoms with van der Waals surface area (Å²) in [6.45, 7) is 9.96. The van der Waals surface area contributed by atoms with E-state index in [-0.39, 0.29) is 28.2 Å². The number of nitrogens with zero attached hydrogens (tertiary/aromatic N) is 4. The first-order chi connectivity index (χ1) is 20.0. The molecule has 0 fully saturated rings. The fourth-order valence-electron chi connectivity index (χ4n) is 4.80. The molecule has 0 aliphatic carbocycles. The van der Waals surface area contributed by atoms with Gasteiger partial charge in [0.05, 0.1) is 22.9 Å². The van der Waals surface area contributed by atoms with Crippen LogP contribution in [0.2, 0.25) is 0 Å². The zero-order valence-electron chi connectivity index (χ0n) is 23.9. The van der Waals surface area contributed by atoms with E-state index in [9.17, 15) is 18.4 Å². The van der Waals surface area contributed by atoms with Gasteiger partial charge in [-0.05, 0) is 54.2 Å². The van der Waals surface area contributed by atoms with Crippen molar-refractivity contribution >= 4 is 61.8 Å². The van der Waals surface area contributed by atoms with Gasteiger partial charge in [0.15, 0.2) is 5.01 Å². The average Bonchev–Trinajstić information content (AvgIpc) is 3.67. The van der Waals surface area contributed by atoms with Crippen LogP contribution in [-0.4, -0.2) is 44.3 Å². The Balaban J connectivity index is 1.54. The molecule has 2 amide bonds. The average molecular weight is 660 g/mol. The van der Waals surface area contributed by atoms with E-state index in [4.69, 9.17) is 4.98 Å². The van der Waals surface area contributed by atoms with E-state index in [1.807, 2.05) is 41.0 Å². The van der Waals surface area contributed by atoms with Crippen LogP contribution in [0.15, 0.2) is 42.6 Å². The third-order valence-corrected chi connectivity index (χ3v) is 9.02. The first kappa shape index (κ1) is 30.2. The molecule has 8 nitrogen and oxygen atoms in total.